The summed E-state index contributed by atoms with van der Waals surface area (Å²) in [5.74, 6) is 1.26. The van der Waals surface area contributed by atoms with E-state index >= 15 is 0 Å². The molecule has 2 nitrogen and oxygen atoms in total. The first-order valence-corrected chi connectivity index (χ1v) is 6.12. The average molecular weight is 196 g/mol. The van der Waals surface area contributed by atoms with E-state index in [4.69, 9.17) is 0 Å². The van der Waals surface area contributed by atoms with Gasteiger partial charge >= 0.3 is 0 Å². The number of amidine groups is 1. The molecule has 1 aliphatic rings. The second kappa shape index (κ2) is 6.86. The van der Waals surface area contributed by atoms with Crippen molar-refractivity contribution in [1.82, 2.24) is 5.32 Å². The normalized spacial score (nSPS) is 19.7. The number of rotatable bonds is 4. The maximum atomic E-state index is 4.58. The summed E-state index contributed by atoms with van der Waals surface area (Å²) in [6.45, 7) is 5.54. The van der Waals surface area contributed by atoms with Crippen molar-refractivity contribution >= 4 is 5.84 Å². The summed E-state index contributed by atoms with van der Waals surface area (Å²) >= 11 is 0. The van der Waals surface area contributed by atoms with Crippen LogP contribution < -0.4 is 5.32 Å². The number of hydrogen-bond acceptors (Lipinski definition) is 2. The minimum absolute atomic E-state index is 0.604. The van der Waals surface area contributed by atoms with Crippen LogP contribution in [-0.4, -0.2) is 18.4 Å². The maximum absolute atomic E-state index is 4.58. The zero-order valence-electron chi connectivity index (χ0n) is 9.68. The first-order chi connectivity index (χ1) is 6.83. The Morgan fingerprint density at radius 1 is 1.36 bits per heavy atom. The van der Waals surface area contributed by atoms with Crippen molar-refractivity contribution in [3.05, 3.63) is 0 Å². The molecule has 1 aliphatic heterocycles. The summed E-state index contributed by atoms with van der Waals surface area (Å²) in [6, 6.07) is 0.604. The van der Waals surface area contributed by atoms with Gasteiger partial charge in [0.25, 0.3) is 0 Å². The van der Waals surface area contributed by atoms with Gasteiger partial charge in [-0.15, -0.1) is 0 Å². The third-order valence-electron chi connectivity index (χ3n) is 2.78. The highest BCUT2D eigenvalue weighted by Gasteiger charge is 2.07. The second-order valence-corrected chi connectivity index (χ2v) is 4.33. The van der Waals surface area contributed by atoms with Crippen LogP contribution in [0, 0.1) is 0 Å². The lowest BCUT2D eigenvalue weighted by molar-refractivity contribution is 0.565. The van der Waals surface area contributed by atoms with Gasteiger partial charge in [0.05, 0.1) is 5.84 Å². The van der Waals surface area contributed by atoms with Crippen molar-refractivity contribution in [2.75, 3.05) is 6.54 Å². The molecule has 0 aromatic heterocycles. The Hall–Kier alpha value is -0.530. The smallest absolute Gasteiger partial charge is 0.0965 e. The molecule has 0 bridgehead atoms. The van der Waals surface area contributed by atoms with Gasteiger partial charge in [0, 0.05) is 19.0 Å². The molecular weight excluding hydrogens is 172 g/mol. The van der Waals surface area contributed by atoms with E-state index in [9.17, 15) is 0 Å². The van der Waals surface area contributed by atoms with Crippen molar-refractivity contribution < 1.29 is 0 Å². The molecule has 2 heteroatoms. The second-order valence-electron chi connectivity index (χ2n) is 4.33. The molecule has 1 atom stereocenters. The van der Waals surface area contributed by atoms with E-state index in [-0.39, 0.29) is 0 Å². The molecule has 1 N–H and O–H groups in total. The number of unbranched alkanes of at least 4 members (excludes halogenated alkanes) is 1. The molecular formula is C12H24N2. The van der Waals surface area contributed by atoms with Gasteiger partial charge in [-0.05, 0) is 26.2 Å². The van der Waals surface area contributed by atoms with Crippen LogP contribution in [0.1, 0.15) is 58.8 Å². The molecule has 14 heavy (non-hydrogen) atoms. The third-order valence-corrected chi connectivity index (χ3v) is 2.78. The average Bonchev–Trinajstić information content (AvgIpc) is 2.43. The highest BCUT2D eigenvalue weighted by molar-refractivity contribution is 5.82. The SMILES string of the molecule is CCCCC(C)NC1=NCCCCC1. The Morgan fingerprint density at radius 3 is 3.00 bits per heavy atom. The van der Waals surface area contributed by atoms with Gasteiger partial charge in [-0.3, -0.25) is 4.99 Å². The Balaban J connectivity index is 2.23. The van der Waals surface area contributed by atoms with Crippen LogP contribution in [0.2, 0.25) is 0 Å². The van der Waals surface area contributed by atoms with E-state index in [1.807, 2.05) is 0 Å². The molecule has 82 valence electrons. The van der Waals surface area contributed by atoms with Crippen LogP contribution in [0.5, 0.6) is 0 Å². The highest BCUT2D eigenvalue weighted by Crippen LogP contribution is 2.07. The first kappa shape index (κ1) is 11.5. The molecule has 0 aliphatic carbocycles. The Bertz CT molecular complexity index is 175. The molecule has 0 radical (unpaired) electrons. The molecule has 1 heterocycles. The molecule has 0 fully saturated rings. The van der Waals surface area contributed by atoms with Gasteiger partial charge in [0.15, 0.2) is 0 Å². The van der Waals surface area contributed by atoms with E-state index in [0.717, 1.165) is 13.0 Å². The lowest BCUT2D eigenvalue weighted by Crippen LogP contribution is -2.32. The predicted molar refractivity (Wildman–Crippen MR) is 62.9 cm³/mol. The van der Waals surface area contributed by atoms with Crippen molar-refractivity contribution in [3.8, 4) is 0 Å². The zero-order valence-corrected chi connectivity index (χ0v) is 9.68. The number of nitrogens with zero attached hydrogens (tertiary/aromatic N) is 1. The predicted octanol–water partition coefficient (Wildman–Crippen LogP) is 3.13. The van der Waals surface area contributed by atoms with Crippen LogP contribution in [0.25, 0.3) is 0 Å². The molecule has 1 rings (SSSR count). The summed E-state index contributed by atoms with van der Waals surface area (Å²) in [6.07, 6.45) is 8.98. The van der Waals surface area contributed by atoms with Gasteiger partial charge in [-0.1, -0.05) is 26.2 Å². The highest BCUT2D eigenvalue weighted by atomic mass is 15.0. The third kappa shape index (κ3) is 4.64. The standard InChI is InChI=1S/C12H24N2/c1-3-4-8-11(2)14-12-9-6-5-7-10-13-12/h11H,3-10H2,1-2H3,(H,13,14). The maximum Gasteiger partial charge on any atom is 0.0965 e. The fraction of sp³-hybridized carbons (Fsp3) is 0.917. The van der Waals surface area contributed by atoms with Gasteiger partial charge in [0.2, 0.25) is 0 Å². The van der Waals surface area contributed by atoms with Crippen LogP contribution >= 0.6 is 0 Å². The molecule has 0 aromatic rings. The molecule has 0 saturated carbocycles. The van der Waals surface area contributed by atoms with Crippen LogP contribution in [-0.2, 0) is 0 Å². The summed E-state index contributed by atoms with van der Waals surface area (Å²) in [7, 11) is 0. The van der Waals surface area contributed by atoms with E-state index < -0.39 is 0 Å². The van der Waals surface area contributed by atoms with Crippen LogP contribution in [0.4, 0.5) is 0 Å². The van der Waals surface area contributed by atoms with Gasteiger partial charge in [-0.2, -0.15) is 0 Å². The lowest BCUT2D eigenvalue weighted by Gasteiger charge is -2.15. The van der Waals surface area contributed by atoms with E-state index in [0.29, 0.717) is 6.04 Å². The first-order valence-electron chi connectivity index (χ1n) is 6.12. The minimum atomic E-state index is 0.604. The summed E-state index contributed by atoms with van der Waals surface area (Å²) in [4.78, 5) is 4.58. The Morgan fingerprint density at radius 2 is 2.21 bits per heavy atom. The summed E-state index contributed by atoms with van der Waals surface area (Å²) in [5.41, 5.74) is 0. The van der Waals surface area contributed by atoms with Crippen molar-refractivity contribution in [1.29, 1.82) is 0 Å². The molecule has 1 unspecified atom stereocenters. The Kier molecular flexibility index (Phi) is 5.65. The minimum Gasteiger partial charge on any atom is -0.371 e. The van der Waals surface area contributed by atoms with Gasteiger partial charge in [0.1, 0.15) is 0 Å². The fourth-order valence-electron chi connectivity index (χ4n) is 1.86. The number of hydrogen-bond donors (Lipinski definition) is 1. The van der Waals surface area contributed by atoms with Gasteiger partial charge < -0.3 is 5.32 Å². The van der Waals surface area contributed by atoms with Crippen LogP contribution in [0.3, 0.4) is 0 Å². The monoisotopic (exact) mass is 196 g/mol. The topological polar surface area (TPSA) is 24.4 Å². The van der Waals surface area contributed by atoms with Crippen LogP contribution in [0.15, 0.2) is 4.99 Å². The van der Waals surface area contributed by atoms with E-state index in [1.165, 1.54) is 44.4 Å². The lowest BCUT2D eigenvalue weighted by atomic mass is 10.1. The largest absolute Gasteiger partial charge is 0.371 e. The summed E-state index contributed by atoms with van der Waals surface area (Å²) in [5, 5.41) is 3.54. The molecule has 0 saturated heterocycles. The van der Waals surface area contributed by atoms with Crippen molar-refractivity contribution in [2.45, 2.75) is 64.8 Å². The van der Waals surface area contributed by atoms with Gasteiger partial charge in [-0.25, -0.2) is 0 Å². The molecule has 0 aromatic carbocycles. The quantitative estimate of drug-likeness (QED) is 0.734. The molecule has 0 spiro atoms. The fourth-order valence-corrected chi connectivity index (χ4v) is 1.86. The van der Waals surface area contributed by atoms with Crippen molar-refractivity contribution in [3.63, 3.8) is 0 Å². The van der Waals surface area contributed by atoms with Crippen molar-refractivity contribution in [2.24, 2.45) is 4.99 Å². The Labute approximate surface area is 88.2 Å². The number of aliphatic imine (C=N–C) groups is 1. The molecule has 0 amide bonds. The van der Waals surface area contributed by atoms with E-state index in [2.05, 4.69) is 24.2 Å². The number of nitrogens with one attached hydrogen (secondary N) is 1. The zero-order chi connectivity index (χ0) is 10.2. The summed E-state index contributed by atoms with van der Waals surface area (Å²) < 4.78 is 0. The van der Waals surface area contributed by atoms with E-state index in [1.54, 1.807) is 0 Å².